The van der Waals surface area contributed by atoms with Crippen molar-refractivity contribution in [2.45, 2.75) is 64.7 Å². The summed E-state index contributed by atoms with van der Waals surface area (Å²) in [6, 6.07) is 18.1. The van der Waals surface area contributed by atoms with E-state index in [2.05, 4.69) is 36.2 Å². The second kappa shape index (κ2) is 12.0. The summed E-state index contributed by atoms with van der Waals surface area (Å²) >= 11 is 0. The van der Waals surface area contributed by atoms with E-state index in [0.717, 1.165) is 17.7 Å². The Bertz CT molecular complexity index is 708. The number of benzene rings is 2. The molecule has 0 spiro atoms. The van der Waals surface area contributed by atoms with Gasteiger partial charge in [-0.05, 0) is 42.2 Å². The SMILES string of the molecule is CCCCCCCCCCc1ccccc1N=Cc1ccc(C#N)cc1. The van der Waals surface area contributed by atoms with Crippen LogP contribution in [0.25, 0.3) is 0 Å². The Kier molecular flexibility index (Phi) is 9.22. The number of hydrogen-bond donors (Lipinski definition) is 0. The largest absolute Gasteiger partial charge is 0.256 e. The van der Waals surface area contributed by atoms with Crippen LogP contribution in [-0.4, -0.2) is 6.21 Å². The number of hydrogen-bond acceptors (Lipinski definition) is 2. The van der Waals surface area contributed by atoms with Gasteiger partial charge in [-0.25, -0.2) is 0 Å². The van der Waals surface area contributed by atoms with Crippen molar-refractivity contribution in [3.05, 3.63) is 65.2 Å². The zero-order chi connectivity index (χ0) is 18.5. The Morgan fingerprint density at radius 1 is 0.846 bits per heavy atom. The average Bonchev–Trinajstić information content (AvgIpc) is 2.69. The highest BCUT2D eigenvalue weighted by atomic mass is 14.7. The molecule has 26 heavy (non-hydrogen) atoms. The topological polar surface area (TPSA) is 36.1 Å². The van der Waals surface area contributed by atoms with E-state index in [1.165, 1.54) is 56.9 Å². The van der Waals surface area contributed by atoms with Crippen molar-refractivity contribution in [2.75, 3.05) is 0 Å². The number of nitrogens with zero attached hydrogens (tertiary/aromatic N) is 2. The first kappa shape index (κ1) is 19.9. The molecule has 0 aromatic heterocycles. The van der Waals surface area contributed by atoms with Gasteiger partial charge in [-0.1, -0.05) is 82.2 Å². The highest BCUT2D eigenvalue weighted by molar-refractivity contribution is 5.82. The summed E-state index contributed by atoms with van der Waals surface area (Å²) in [5.41, 5.74) is 4.08. The number of para-hydroxylation sites is 1. The van der Waals surface area contributed by atoms with E-state index in [4.69, 9.17) is 5.26 Å². The van der Waals surface area contributed by atoms with Gasteiger partial charge in [-0.3, -0.25) is 4.99 Å². The number of unbranched alkanes of at least 4 members (excludes halogenated alkanes) is 7. The Labute approximate surface area is 158 Å². The Morgan fingerprint density at radius 2 is 1.50 bits per heavy atom. The van der Waals surface area contributed by atoms with Crippen LogP contribution >= 0.6 is 0 Å². The molecule has 0 amide bonds. The third-order valence-corrected chi connectivity index (χ3v) is 4.68. The molecule has 2 aromatic carbocycles. The zero-order valence-electron chi connectivity index (χ0n) is 16.0. The molecule has 0 bridgehead atoms. The van der Waals surface area contributed by atoms with Crippen molar-refractivity contribution in [3.63, 3.8) is 0 Å². The van der Waals surface area contributed by atoms with Crippen LogP contribution in [0.4, 0.5) is 5.69 Å². The molecule has 0 atom stereocenters. The summed E-state index contributed by atoms with van der Waals surface area (Å²) in [5.74, 6) is 0. The summed E-state index contributed by atoms with van der Waals surface area (Å²) in [7, 11) is 0. The smallest absolute Gasteiger partial charge is 0.0991 e. The molecule has 0 unspecified atom stereocenters. The van der Waals surface area contributed by atoms with Crippen LogP contribution in [-0.2, 0) is 6.42 Å². The molecule has 0 radical (unpaired) electrons. The average molecular weight is 347 g/mol. The second-order valence-electron chi connectivity index (χ2n) is 6.85. The van der Waals surface area contributed by atoms with Crippen molar-refractivity contribution in [1.82, 2.24) is 0 Å². The lowest BCUT2D eigenvalue weighted by molar-refractivity contribution is 0.575. The number of aliphatic imine (C=N–C) groups is 1. The maximum atomic E-state index is 8.86. The molecule has 0 aliphatic rings. The first-order valence-corrected chi connectivity index (χ1v) is 9.95. The first-order chi connectivity index (χ1) is 12.8. The predicted molar refractivity (Wildman–Crippen MR) is 111 cm³/mol. The van der Waals surface area contributed by atoms with Gasteiger partial charge in [-0.2, -0.15) is 5.26 Å². The van der Waals surface area contributed by atoms with Crippen molar-refractivity contribution in [2.24, 2.45) is 4.99 Å². The van der Waals surface area contributed by atoms with E-state index in [1.54, 1.807) is 0 Å². The van der Waals surface area contributed by atoms with Crippen molar-refractivity contribution in [3.8, 4) is 6.07 Å². The molecule has 0 fully saturated rings. The standard InChI is InChI=1S/C24H30N2/c1-2-3-4-5-6-7-8-9-12-23-13-10-11-14-24(23)26-20-22-17-15-21(19-25)16-18-22/h10-11,13-18,20H,2-9,12H2,1H3. The highest BCUT2D eigenvalue weighted by Crippen LogP contribution is 2.21. The number of rotatable bonds is 11. The van der Waals surface area contributed by atoms with Gasteiger partial charge in [0.25, 0.3) is 0 Å². The second-order valence-corrected chi connectivity index (χ2v) is 6.85. The molecule has 136 valence electrons. The Balaban J connectivity index is 1.81. The molecule has 2 aromatic rings. The van der Waals surface area contributed by atoms with Crippen LogP contribution in [0, 0.1) is 11.3 Å². The lowest BCUT2D eigenvalue weighted by atomic mass is 10.0. The lowest BCUT2D eigenvalue weighted by Crippen LogP contribution is -1.88. The summed E-state index contributed by atoms with van der Waals surface area (Å²) in [4.78, 5) is 4.67. The van der Waals surface area contributed by atoms with Gasteiger partial charge >= 0.3 is 0 Å². The van der Waals surface area contributed by atoms with Gasteiger partial charge in [0.05, 0.1) is 17.3 Å². The highest BCUT2D eigenvalue weighted by Gasteiger charge is 2.00. The summed E-state index contributed by atoms with van der Waals surface area (Å²) < 4.78 is 0. The molecule has 0 saturated heterocycles. The molecular weight excluding hydrogens is 316 g/mol. The molecular formula is C24H30N2. The van der Waals surface area contributed by atoms with Crippen LogP contribution in [0.1, 0.15) is 75.0 Å². The summed E-state index contributed by atoms with van der Waals surface area (Å²) in [5, 5.41) is 8.86. The summed E-state index contributed by atoms with van der Waals surface area (Å²) in [6.07, 6.45) is 13.7. The fourth-order valence-corrected chi connectivity index (χ4v) is 3.09. The van der Waals surface area contributed by atoms with Crippen molar-refractivity contribution >= 4 is 11.9 Å². The van der Waals surface area contributed by atoms with Crippen molar-refractivity contribution in [1.29, 1.82) is 5.26 Å². The fourth-order valence-electron chi connectivity index (χ4n) is 3.09. The fraction of sp³-hybridized carbons (Fsp3) is 0.417. The first-order valence-electron chi connectivity index (χ1n) is 9.95. The lowest BCUT2D eigenvalue weighted by Gasteiger charge is -2.06. The van der Waals surface area contributed by atoms with Crippen LogP contribution in [0.5, 0.6) is 0 Å². The molecule has 0 aliphatic carbocycles. The molecule has 0 saturated carbocycles. The van der Waals surface area contributed by atoms with Crippen LogP contribution in [0.2, 0.25) is 0 Å². The molecule has 2 nitrogen and oxygen atoms in total. The van der Waals surface area contributed by atoms with Gasteiger partial charge in [-0.15, -0.1) is 0 Å². The monoisotopic (exact) mass is 346 g/mol. The maximum Gasteiger partial charge on any atom is 0.0991 e. The molecule has 0 N–H and O–H groups in total. The zero-order valence-corrected chi connectivity index (χ0v) is 16.0. The Hall–Kier alpha value is -2.40. The minimum absolute atomic E-state index is 0.678. The van der Waals surface area contributed by atoms with E-state index in [-0.39, 0.29) is 0 Å². The van der Waals surface area contributed by atoms with E-state index < -0.39 is 0 Å². The van der Waals surface area contributed by atoms with Gasteiger partial charge < -0.3 is 0 Å². The van der Waals surface area contributed by atoms with Gasteiger partial charge in [0.1, 0.15) is 0 Å². The minimum atomic E-state index is 0.678. The van der Waals surface area contributed by atoms with Gasteiger partial charge in [0, 0.05) is 6.21 Å². The van der Waals surface area contributed by atoms with Crippen LogP contribution < -0.4 is 0 Å². The third kappa shape index (κ3) is 7.23. The normalized spacial score (nSPS) is 10.9. The van der Waals surface area contributed by atoms with Gasteiger partial charge in [0.2, 0.25) is 0 Å². The van der Waals surface area contributed by atoms with Crippen LogP contribution in [0.3, 0.4) is 0 Å². The number of aryl methyl sites for hydroxylation is 1. The maximum absolute atomic E-state index is 8.86. The Morgan fingerprint density at radius 3 is 2.19 bits per heavy atom. The minimum Gasteiger partial charge on any atom is -0.256 e. The van der Waals surface area contributed by atoms with E-state index in [1.807, 2.05) is 36.5 Å². The number of nitriles is 1. The van der Waals surface area contributed by atoms with E-state index in [9.17, 15) is 0 Å². The predicted octanol–water partition coefficient (Wildman–Crippen LogP) is 6.99. The van der Waals surface area contributed by atoms with E-state index in [0.29, 0.717) is 5.56 Å². The quantitative estimate of drug-likeness (QED) is 0.319. The van der Waals surface area contributed by atoms with E-state index >= 15 is 0 Å². The van der Waals surface area contributed by atoms with Crippen LogP contribution in [0.15, 0.2) is 53.5 Å². The molecule has 0 aliphatic heterocycles. The molecule has 2 rings (SSSR count). The van der Waals surface area contributed by atoms with Gasteiger partial charge in [0.15, 0.2) is 0 Å². The molecule has 0 heterocycles. The molecule has 2 heteroatoms. The van der Waals surface area contributed by atoms with Crippen molar-refractivity contribution < 1.29 is 0 Å². The summed E-state index contributed by atoms with van der Waals surface area (Å²) in [6.45, 7) is 2.27. The third-order valence-electron chi connectivity index (χ3n) is 4.68.